The number of ether oxygens (including phenoxy) is 2. The Kier molecular flexibility index (Phi) is 6.52. The molecule has 0 aromatic heterocycles. The van der Waals surface area contributed by atoms with E-state index in [-0.39, 0.29) is 22.9 Å². The Labute approximate surface area is 114 Å². The van der Waals surface area contributed by atoms with Crippen LogP contribution < -0.4 is 10.1 Å². The second-order valence-corrected chi connectivity index (χ2v) is 4.71. The zero-order chi connectivity index (χ0) is 13.5. The van der Waals surface area contributed by atoms with E-state index in [4.69, 9.17) is 9.47 Å². The van der Waals surface area contributed by atoms with Crippen LogP contribution in [0.1, 0.15) is 6.92 Å². The van der Waals surface area contributed by atoms with Crippen LogP contribution in [-0.4, -0.2) is 32.9 Å². The molecule has 0 saturated heterocycles. The third-order valence-corrected chi connectivity index (χ3v) is 2.81. The first-order valence-electron chi connectivity index (χ1n) is 5.54. The van der Waals surface area contributed by atoms with Crippen LogP contribution in [0.4, 0.5) is 8.78 Å². The smallest absolute Gasteiger partial charge is 0.169 e. The molecule has 0 spiro atoms. The van der Waals surface area contributed by atoms with Gasteiger partial charge >= 0.3 is 0 Å². The van der Waals surface area contributed by atoms with Crippen LogP contribution in [0.2, 0.25) is 0 Å². The number of methoxy groups -OCH3 is 1. The molecule has 0 aliphatic rings. The summed E-state index contributed by atoms with van der Waals surface area (Å²) in [6, 6.07) is 2.15. The number of hydrogen-bond donors (Lipinski definition) is 1. The maximum absolute atomic E-state index is 13.4. The Morgan fingerprint density at radius 3 is 2.72 bits per heavy atom. The molecule has 1 rings (SSSR count). The molecule has 0 radical (unpaired) electrons. The number of rotatable bonds is 7. The fourth-order valence-electron chi connectivity index (χ4n) is 1.43. The molecule has 0 aliphatic heterocycles. The van der Waals surface area contributed by atoms with Gasteiger partial charge in [-0.15, -0.1) is 0 Å². The van der Waals surface area contributed by atoms with E-state index in [1.54, 1.807) is 7.11 Å². The van der Waals surface area contributed by atoms with E-state index in [0.717, 1.165) is 6.07 Å². The summed E-state index contributed by atoms with van der Waals surface area (Å²) in [7, 11) is 1.62. The predicted octanol–water partition coefficient (Wildman–Crippen LogP) is 2.73. The van der Waals surface area contributed by atoms with Crippen molar-refractivity contribution in [3.63, 3.8) is 0 Å². The zero-order valence-corrected chi connectivity index (χ0v) is 11.9. The van der Waals surface area contributed by atoms with Gasteiger partial charge in [0.2, 0.25) is 0 Å². The van der Waals surface area contributed by atoms with Crippen LogP contribution in [-0.2, 0) is 4.74 Å². The maximum Gasteiger partial charge on any atom is 0.169 e. The predicted molar refractivity (Wildman–Crippen MR) is 68.9 cm³/mol. The number of nitrogens with one attached hydrogen (secondary N) is 1. The van der Waals surface area contributed by atoms with Gasteiger partial charge < -0.3 is 14.8 Å². The molecule has 102 valence electrons. The van der Waals surface area contributed by atoms with Gasteiger partial charge in [0.05, 0.1) is 11.1 Å². The average Bonchev–Trinajstić information content (AvgIpc) is 2.27. The highest BCUT2D eigenvalue weighted by Crippen LogP contribution is 2.28. The number of halogens is 3. The van der Waals surface area contributed by atoms with E-state index >= 15 is 0 Å². The van der Waals surface area contributed by atoms with Gasteiger partial charge in [0.1, 0.15) is 12.4 Å². The van der Waals surface area contributed by atoms with Crippen molar-refractivity contribution in [2.75, 3.05) is 26.9 Å². The van der Waals surface area contributed by atoms with Crippen LogP contribution in [0.25, 0.3) is 0 Å². The van der Waals surface area contributed by atoms with Gasteiger partial charge in [-0.2, -0.15) is 0 Å². The van der Waals surface area contributed by atoms with Crippen molar-refractivity contribution in [3.05, 3.63) is 28.2 Å². The van der Waals surface area contributed by atoms with E-state index in [1.807, 2.05) is 6.92 Å². The summed E-state index contributed by atoms with van der Waals surface area (Å²) in [5, 5.41) is 3.14. The van der Waals surface area contributed by atoms with E-state index in [1.165, 1.54) is 6.07 Å². The topological polar surface area (TPSA) is 30.5 Å². The average molecular weight is 324 g/mol. The lowest BCUT2D eigenvalue weighted by atomic mass is 10.3. The lowest BCUT2D eigenvalue weighted by molar-refractivity contribution is 0.168. The number of hydrogen-bond acceptors (Lipinski definition) is 3. The molecule has 0 heterocycles. The molecule has 0 fully saturated rings. The second kappa shape index (κ2) is 7.66. The molecular formula is C12H16BrF2NO2. The molecule has 1 unspecified atom stereocenters. The van der Waals surface area contributed by atoms with E-state index in [9.17, 15) is 8.78 Å². The van der Waals surface area contributed by atoms with Gasteiger partial charge in [0.15, 0.2) is 11.6 Å². The van der Waals surface area contributed by atoms with Gasteiger partial charge in [0, 0.05) is 25.8 Å². The highest BCUT2D eigenvalue weighted by molar-refractivity contribution is 9.10. The minimum absolute atomic E-state index is 0.0256. The van der Waals surface area contributed by atoms with Crippen LogP contribution in [0, 0.1) is 11.6 Å². The first-order chi connectivity index (χ1) is 8.54. The van der Waals surface area contributed by atoms with E-state index in [2.05, 4.69) is 21.2 Å². The van der Waals surface area contributed by atoms with Crippen molar-refractivity contribution in [2.24, 2.45) is 0 Å². The molecule has 1 atom stereocenters. The van der Waals surface area contributed by atoms with Gasteiger partial charge in [0.25, 0.3) is 0 Å². The Morgan fingerprint density at radius 2 is 2.11 bits per heavy atom. The summed E-state index contributed by atoms with van der Waals surface area (Å²) in [6.45, 7) is 3.40. The minimum atomic E-state index is -0.716. The van der Waals surface area contributed by atoms with Crippen LogP contribution >= 0.6 is 15.9 Å². The van der Waals surface area contributed by atoms with Crippen molar-refractivity contribution in [2.45, 2.75) is 13.0 Å². The summed E-state index contributed by atoms with van der Waals surface area (Å²) in [6.07, 6.45) is 0. The maximum atomic E-state index is 13.4. The molecule has 18 heavy (non-hydrogen) atoms. The fourth-order valence-corrected chi connectivity index (χ4v) is 1.96. The van der Waals surface area contributed by atoms with Crippen molar-refractivity contribution < 1.29 is 18.3 Å². The van der Waals surface area contributed by atoms with Gasteiger partial charge in [-0.1, -0.05) is 0 Å². The fraction of sp³-hybridized carbons (Fsp3) is 0.500. The summed E-state index contributed by atoms with van der Waals surface area (Å²) in [5.41, 5.74) is 0. The van der Waals surface area contributed by atoms with Crippen LogP contribution in [0.3, 0.4) is 0 Å². The van der Waals surface area contributed by atoms with Gasteiger partial charge in [-0.25, -0.2) is 8.78 Å². The Hall–Kier alpha value is -0.720. The van der Waals surface area contributed by atoms with Crippen molar-refractivity contribution in [1.82, 2.24) is 5.32 Å². The summed E-state index contributed by atoms with van der Waals surface area (Å²) in [5.74, 6) is -1.33. The Bertz CT molecular complexity index is 367. The SMILES string of the molecule is COCC(C)NCCOc1c(F)cc(F)cc1Br. The highest BCUT2D eigenvalue weighted by atomic mass is 79.9. The van der Waals surface area contributed by atoms with Crippen LogP contribution in [0.5, 0.6) is 5.75 Å². The zero-order valence-electron chi connectivity index (χ0n) is 10.3. The monoisotopic (exact) mass is 323 g/mol. The molecule has 0 aliphatic carbocycles. The molecule has 0 saturated carbocycles. The number of benzene rings is 1. The second-order valence-electron chi connectivity index (χ2n) is 3.86. The lowest BCUT2D eigenvalue weighted by Crippen LogP contribution is -2.33. The Balaban J connectivity index is 2.40. The van der Waals surface area contributed by atoms with Crippen molar-refractivity contribution in [1.29, 1.82) is 0 Å². The quantitative estimate of drug-likeness (QED) is 0.783. The minimum Gasteiger partial charge on any atom is -0.488 e. The molecule has 0 amide bonds. The molecule has 1 aromatic carbocycles. The molecule has 6 heteroatoms. The summed E-state index contributed by atoms with van der Waals surface area (Å²) >= 11 is 3.06. The summed E-state index contributed by atoms with van der Waals surface area (Å²) < 4.78 is 36.7. The first-order valence-corrected chi connectivity index (χ1v) is 6.33. The summed E-state index contributed by atoms with van der Waals surface area (Å²) in [4.78, 5) is 0. The molecular weight excluding hydrogens is 308 g/mol. The highest BCUT2D eigenvalue weighted by Gasteiger charge is 2.10. The van der Waals surface area contributed by atoms with Gasteiger partial charge in [-0.05, 0) is 28.9 Å². The molecule has 3 nitrogen and oxygen atoms in total. The van der Waals surface area contributed by atoms with Crippen molar-refractivity contribution >= 4 is 15.9 Å². The third kappa shape index (κ3) is 4.88. The van der Waals surface area contributed by atoms with Crippen molar-refractivity contribution in [3.8, 4) is 5.75 Å². The Morgan fingerprint density at radius 1 is 1.39 bits per heavy atom. The normalized spacial score (nSPS) is 12.5. The largest absolute Gasteiger partial charge is 0.488 e. The van der Waals surface area contributed by atoms with E-state index < -0.39 is 11.6 Å². The first kappa shape index (κ1) is 15.3. The molecule has 0 bridgehead atoms. The third-order valence-electron chi connectivity index (χ3n) is 2.22. The standard InChI is InChI=1S/C12H16BrF2NO2/c1-8(7-17-2)16-3-4-18-12-10(13)5-9(14)6-11(12)15/h5-6,8,16H,3-4,7H2,1-2H3. The molecule has 1 aromatic rings. The van der Waals surface area contributed by atoms with E-state index in [0.29, 0.717) is 13.2 Å². The van der Waals surface area contributed by atoms with Gasteiger partial charge in [-0.3, -0.25) is 0 Å². The lowest BCUT2D eigenvalue weighted by Gasteiger charge is -2.14. The molecule has 1 N–H and O–H groups in total. The van der Waals surface area contributed by atoms with Crippen LogP contribution in [0.15, 0.2) is 16.6 Å².